The van der Waals surface area contributed by atoms with Gasteiger partial charge in [0.05, 0.1) is 13.4 Å². The molecule has 0 radical (unpaired) electrons. The van der Waals surface area contributed by atoms with Crippen LogP contribution in [0.4, 0.5) is 0 Å². The van der Waals surface area contributed by atoms with Gasteiger partial charge in [-0.2, -0.15) is 0 Å². The van der Waals surface area contributed by atoms with Gasteiger partial charge in [0, 0.05) is 12.6 Å². The minimum absolute atomic E-state index is 0.141. The average Bonchev–Trinajstić information content (AvgIpc) is 3.58. The molecule has 6 nitrogen and oxygen atoms in total. The largest absolute Gasteiger partial charge is 0.497 e. The second-order valence-corrected chi connectivity index (χ2v) is 8.75. The molecule has 1 aromatic heterocycles. The average molecular weight is 461 g/mol. The lowest BCUT2D eigenvalue weighted by molar-refractivity contribution is -0.126. The number of rotatable bonds is 9. The number of nitrogens with one attached hydrogen (secondary N) is 1. The fraction of sp³-hybridized carbons (Fsp3) is 0.357. The second-order valence-electron chi connectivity index (χ2n) is 8.75. The van der Waals surface area contributed by atoms with Crippen molar-refractivity contribution in [1.82, 2.24) is 10.2 Å². The fourth-order valence-corrected chi connectivity index (χ4v) is 4.55. The number of methoxy groups -OCH3 is 1. The first-order chi connectivity index (χ1) is 16.6. The van der Waals surface area contributed by atoms with Gasteiger partial charge in [0.1, 0.15) is 11.8 Å². The number of ether oxygens (including phenoxy) is 1. The van der Waals surface area contributed by atoms with E-state index >= 15 is 0 Å². The molecule has 1 fully saturated rings. The smallest absolute Gasteiger partial charge is 0.290 e. The quantitative estimate of drug-likeness (QED) is 0.471. The first-order valence-corrected chi connectivity index (χ1v) is 12.0. The van der Waals surface area contributed by atoms with Crippen LogP contribution in [-0.2, 0) is 17.8 Å². The molecule has 3 aromatic rings. The SMILES string of the molecule is CCc1ccc(C(C(=O)NC2CCCC2)N(Cc2cccc(OC)c2)C(=O)c2ccco2)cc1. The van der Waals surface area contributed by atoms with Gasteiger partial charge in [0.25, 0.3) is 5.91 Å². The Morgan fingerprint density at radius 1 is 1.06 bits per heavy atom. The van der Waals surface area contributed by atoms with Crippen LogP contribution in [0, 0.1) is 0 Å². The van der Waals surface area contributed by atoms with Crippen LogP contribution in [0.25, 0.3) is 0 Å². The minimum atomic E-state index is -0.796. The monoisotopic (exact) mass is 460 g/mol. The maximum Gasteiger partial charge on any atom is 0.290 e. The molecule has 0 spiro atoms. The summed E-state index contributed by atoms with van der Waals surface area (Å²) in [6.07, 6.45) is 6.53. The van der Waals surface area contributed by atoms with Crippen LogP contribution in [0.5, 0.6) is 5.75 Å². The van der Waals surface area contributed by atoms with Crippen molar-refractivity contribution < 1.29 is 18.7 Å². The van der Waals surface area contributed by atoms with Gasteiger partial charge in [0.2, 0.25) is 5.91 Å². The zero-order valence-electron chi connectivity index (χ0n) is 19.8. The van der Waals surface area contributed by atoms with Crippen molar-refractivity contribution >= 4 is 11.8 Å². The van der Waals surface area contributed by atoms with E-state index in [-0.39, 0.29) is 30.2 Å². The molecule has 1 heterocycles. The number of furan rings is 1. The number of aryl methyl sites for hydroxylation is 1. The lowest BCUT2D eigenvalue weighted by Gasteiger charge is -2.32. The van der Waals surface area contributed by atoms with E-state index in [4.69, 9.17) is 9.15 Å². The summed E-state index contributed by atoms with van der Waals surface area (Å²) in [5.41, 5.74) is 2.81. The Labute approximate surface area is 200 Å². The summed E-state index contributed by atoms with van der Waals surface area (Å²) >= 11 is 0. The molecular formula is C28H32N2O4. The van der Waals surface area contributed by atoms with E-state index in [1.807, 2.05) is 48.5 Å². The van der Waals surface area contributed by atoms with E-state index in [1.165, 1.54) is 11.8 Å². The van der Waals surface area contributed by atoms with E-state index < -0.39 is 6.04 Å². The molecule has 1 N–H and O–H groups in total. The van der Waals surface area contributed by atoms with Crippen molar-refractivity contribution in [2.75, 3.05) is 7.11 Å². The number of carbonyl (C=O) groups excluding carboxylic acids is 2. The van der Waals surface area contributed by atoms with E-state index in [0.717, 1.165) is 43.2 Å². The predicted octanol–water partition coefficient (Wildman–Crippen LogP) is 5.29. The van der Waals surface area contributed by atoms with Crippen LogP contribution >= 0.6 is 0 Å². The first-order valence-electron chi connectivity index (χ1n) is 12.0. The van der Waals surface area contributed by atoms with Gasteiger partial charge in [-0.15, -0.1) is 0 Å². The standard InChI is InChI=1S/C28H32N2O4/c1-3-20-13-15-22(16-14-20)26(27(31)29-23-9-4-5-10-23)30(28(32)25-12-7-17-34-25)19-21-8-6-11-24(18-21)33-2/h6-8,11-18,23,26H,3-5,9-10,19H2,1-2H3,(H,29,31). The Balaban J connectivity index is 1.74. The van der Waals surface area contributed by atoms with Crippen LogP contribution < -0.4 is 10.1 Å². The number of benzene rings is 2. The third-order valence-corrected chi connectivity index (χ3v) is 6.45. The maximum absolute atomic E-state index is 13.7. The number of nitrogens with zero attached hydrogens (tertiary/aromatic N) is 1. The predicted molar refractivity (Wildman–Crippen MR) is 131 cm³/mol. The Morgan fingerprint density at radius 3 is 2.47 bits per heavy atom. The van der Waals surface area contributed by atoms with E-state index in [2.05, 4.69) is 12.2 Å². The highest BCUT2D eigenvalue weighted by atomic mass is 16.5. The van der Waals surface area contributed by atoms with Crippen LogP contribution in [-0.4, -0.2) is 29.9 Å². The van der Waals surface area contributed by atoms with Crippen molar-refractivity contribution in [3.63, 3.8) is 0 Å². The summed E-state index contributed by atoms with van der Waals surface area (Å²) in [5, 5.41) is 3.21. The number of amides is 2. The summed E-state index contributed by atoms with van der Waals surface area (Å²) in [4.78, 5) is 29.0. The lowest BCUT2D eigenvalue weighted by atomic mass is 10.00. The molecule has 34 heavy (non-hydrogen) atoms. The highest BCUT2D eigenvalue weighted by Gasteiger charge is 2.34. The molecule has 0 bridgehead atoms. The van der Waals surface area contributed by atoms with Crippen molar-refractivity contribution in [1.29, 1.82) is 0 Å². The molecule has 1 aliphatic carbocycles. The van der Waals surface area contributed by atoms with Crippen LogP contribution in [0.1, 0.15) is 65.9 Å². The number of hydrogen-bond acceptors (Lipinski definition) is 4. The van der Waals surface area contributed by atoms with Crippen LogP contribution in [0.15, 0.2) is 71.3 Å². The fourth-order valence-electron chi connectivity index (χ4n) is 4.55. The Hall–Kier alpha value is -3.54. The van der Waals surface area contributed by atoms with Gasteiger partial charge < -0.3 is 19.4 Å². The van der Waals surface area contributed by atoms with Crippen LogP contribution in [0.3, 0.4) is 0 Å². The Morgan fingerprint density at radius 2 is 1.82 bits per heavy atom. The zero-order chi connectivity index (χ0) is 23.9. The van der Waals surface area contributed by atoms with Gasteiger partial charge in [-0.05, 0) is 60.2 Å². The summed E-state index contributed by atoms with van der Waals surface area (Å²) in [6.45, 7) is 2.32. The Kier molecular flexibility index (Phi) is 7.68. The molecule has 1 unspecified atom stereocenters. The van der Waals surface area contributed by atoms with Gasteiger partial charge in [-0.1, -0.05) is 56.2 Å². The van der Waals surface area contributed by atoms with Gasteiger partial charge in [-0.25, -0.2) is 0 Å². The lowest BCUT2D eigenvalue weighted by Crippen LogP contribution is -2.45. The third-order valence-electron chi connectivity index (χ3n) is 6.45. The molecule has 0 aliphatic heterocycles. The van der Waals surface area contributed by atoms with Crippen molar-refractivity contribution in [2.45, 2.75) is 57.7 Å². The van der Waals surface area contributed by atoms with E-state index in [0.29, 0.717) is 5.75 Å². The summed E-state index contributed by atoms with van der Waals surface area (Å²) in [5.74, 6) is 0.395. The van der Waals surface area contributed by atoms with Gasteiger partial charge in [-0.3, -0.25) is 9.59 Å². The number of carbonyl (C=O) groups is 2. The van der Waals surface area contributed by atoms with E-state index in [9.17, 15) is 9.59 Å². The second kappa shape index (κ2) is 11.1. The number of hydrogen-bond donors (Lipinski definition) is 1. The summed E-state index contributed by atoms with van der Waals surface area (Å²) < 4.78 is 10.8. The molecule has 1 aliphatic rings. The van der Waals surface area contributed by atoms with Gasteiger partial charge in [0.15, 0.2) is 5.76 Å². The molecule has 1 atom stereocenters. The van der Waals surface area contributed by atoms with Crippen LogP contribution in [0.2, 0.25) is 0 Å². The summed E-state index contributed by atoms with van der Waals surface area (Å²) in [7, 11) is 1.61. The van der Waals surface area contributed by atoms with Crippen molar-refractivity contribution in [3.05, 3.63) is 89.4 Å². The van der Waals surface area contributed by atoms with Crippen molar-refractivity contribution in [2.24, 2.45) is 0 Å². The highest BCUT2D eigenvalue weighted by molar-refractivity contribution is 5.96. The molecule has 2 amide bonds. The minimum Gasteiger partial charge on any atom is -0.497 e. The first kappa shape index (κ1) is 23.6. The molecule has 0 saturated heterocycles. The molecule has 1 saturated carbocycles. The third kappa shape index (κ3) is 5.50. The maximum atomic E-state index is 13.7. The topological polar surface area (TPSA) is 71.8 Å². The molecule has 4 rings (SSSR count). The molecule has 178 valence electrons. The molecule has 2 aromatic carbocycles. The molecule has 6 heteroatoms. The Bertz CT molecular complexity index is 1090. The zero-order valence-corrected chi connectivity index (χ0v) is 19.8. The highest BCUT2D eigenvalue weighted by Crippen LogP contribution is 2.29. The molecular weight excluding hydrogens is 428 g/mol. The summed E-state index contributed by atoms with van der Waals surface area (Å²) in [6, 6.07) is 18.1. The van der Waals surface area contributed by atoms with Gasteiger partial charge >= 0.3 is 0 Å². The van der Waals surface area contributed by atoms with Crippen molar-refractivity contribution in [3.8, 4) is 5.75 Å². The van der Waals surface area contributed by atoms with E-state index in [1.54, 1.807) is 24.1 Å². The normalized spacial score (nSPS) is 14.5.